The van der Waals surface area contributed by atoms with Crippen molar-refractivity contribution >= 4 is 5.97 Å². The van der Waals surface area contributed by atoms with Crippen LogP contribution in [0, 0.1) is 0 Å². The van der Waals surface area contributed by atoms with E-state index < -0.39 is 18.0 Å². The van der Waals surface area contributed by atoms with Gasteiger partial charge in [-0.3, -0.25) is 0 Å². The van der Waals surface area contributed by atoms with Crippen molar-refractivity contribution in [1.82, 2.24) is 0 Å². The van der Waals surface area contributed by atoms with Gasteiger partial charge in [0, 0.05) is 14.2 Å². The molecule has 1 radical (unpaired) electrons. The van der Waals surface area contributed by atoms with Crippen LogP contribution in [0.2, 0.25) is 0 Å². The summed E-state index contributed by atoms with van der Waals surface area (Å²) in [6, 6.07) is 0. The molecule has 0 fully saturated rings. The number of ether oxygens (including phenoxy) is 2. The van der Waals surface area contributed by atoms with Gasteiger partial charge in [-0.1, -0.05) is 0 Å². The van der Waals surface area contributed by atoms with Gasteiger partial charge in [-0.05, 0) is 0 Å². The highest BCUT2D eigenvalue weighted by Gasteiger charge is 2.46. The second kappa shape index (κ2) is 3.63. The number of hydrogen-bond donors (Lipinski definition) is 2. The summed E-state index contributed by atoms with van der Waals surface area (Å²) in [7, 11) is 1.91. The summed E-state index contributed by atoms with van der Waals surface area (Å²) in [5.41, 5.74) is 0. The first-order chi connectivity index (χ1) is 4.99. The maximum Gasteiger partial charge on any atom is 0.419 e. The zero-order valence-corrected chi connectivity index (χ0v) is 6.10. The van der Waals surface area contributed by atoms with Crippen molar-refractivity contribution in [3.05, 3.63) is 0 Å². The lowest BCUT2D eigenvalue weighted by Crippen LogP contribution is -2.51. The van der Waals surface area contributed by atoms with E-state index in [1.165, 1.54) is 0 Å². The molecule has 0 aromatic heterocycles. The molecule has 0 saturated heterocycles. The highest BCUT2D eigenvalue weighted by Crippen LogP contribution is 2.12. The van der Waals surface area contributed by atoms with Crippen LogP contribution >= 0.6 is 0 Å². The average Bonchev–Trinajstić information content (AvgIpc) is 2.01. The molecule has 0 aliphatic rings. The Bertz CT molecular complexity index is 146. The predicted octanol–water partition coefficient (Wildman–Crippen LogP) is -1.76. The molecule has 0 amide bonds. The molecule has 11 heavy (non-hydrogen) atoms. The summed E-state index contributed by atoms with van der Waals surface area (Å²) in [6.45, 7) is 0. The van der Waals surface area contributed by atoms with Gasteiger partial charge >= 0.3 is 11.8 Å². The third-order valence-corrected chi connectivity index (χ3v) is 1.16. The first-order valence-electron chi connectivity index (χ1n) is 2.69. The van der Waals surface area contributed by atoms with Crippen molar-refractivity contribution in [3.8, 4) is 0 Å². The molecule has 6 nitrogen and oxygen atoms in total. The molecule has 2 unspecified atom stereocenters. The molecular formula is C5H9O6. The highest BCUT2D eigenvalue weighted by molar-refractivity contribution is 5.75. The molecule has 0 heterocycles. The van der Waals surface area contributed by atoms with Crippen LogP contribution in [0.4, 0.5) is 0 Å². The van der Waals surface area contributed by atoms with Crippen LogP contribution in [0.3, 0.4) is 0 Å². The molecule has 0 aliphatic carbocycles. The Hall–Kier alpha value is -0.690. The molecular weight excluding hydrogens is 156 g/mol. The summed E-state index contributed by atoms with van der Waals surface area (Å²) >= 11 is 0. The molecule has 0 bridgehead atoms. The van der Waals surface area contributed by atoms with Gasteiger partial charge in [0.15, 0.2) is 0 Å². The minimum Gasteiger partial charge on any atom is -0.363 e. The van der Waals surface area contributed by atoms with E-state index in [0.29, 0.717) is 0 Å². The fourth-order valence-corrected chi connectivity index (χ4v) is 0.445. The largest absolute Gasteiger partial charge is 0.419 e. The molecule has 0 aromatic rings. The van der Waals surface area contributed by atoms with E-state index in [0.717, 1.165) is 14.2 Å². The quantitative estimate of drug-likeness (QED) is 0.481. The number of aliphatic hydroxyl groups is 2. The lowest BCUT2D eigenvalue weighted by molar-refractivity contribution is -0.303. The van der Waals surface area contributed by atoms with Crippen LogP contribution in [-0.2, 0) is 19.4 Å². The van der Waals surface area contributed by atoms with Crippen LogP contribution in [0.15, 0.2) is 0 Å². The molecule has 2 atom stereocenters. The molecule has 6 heteroatoms. The second-order valence-corrected chi connectivity index (χ2v) is 1.78. The Morgan fingerprint density at radius 3 is 2.09 bits per heavy atom. The minimum atomic E-state index is -2.81. The second-order valence-electron chi connectivity index (χ2n) is 1.78. The Morgan fingerprint density at radius 2 is 2.00 bits per heavy atom. The molecule has 0 aromatic carbocycles. The molecule has 0 saturated carbocycles. The summed E-state index contributed by atoms with van der Waals surface area (Å²) in [4.78, 5) is 10.1. The van der Waals surface area contributed by atoms with Crippen LogP contribution in [0.5, 0.6) is 0 Å². The average molecular weight is 165 g/mol. The van der Waals surface area contributed by atoms with Crippen molar-refractivity contribution < 1.29 is 29.6 Å². The van der Waals surface area contributed by atoms with Crippen LogP contribution in [0.25, 0.3) is 0 Å². The minimum absolute atomic E-state index is 0.901. The summed E-state index contributed by atoms with van der Waals surface area (Å²) < 4.78 is 8.20. The van der Waals surface area contributed by atoms with Gasteiger partial charge in [0.1, 0.15) is 0 Å². The van der Waals surface area contributed by atoms with Crippen molar-refractivity contribution in [3.63, 3.8) is 0 Å². The third-order valence-electron chi connectivity index (χ3n) is 1.16. The Balaban J connectivity index is 4.45. The number of aliphatic hydroxyl groups excluding tert-OH is 1. The van der Waals surface area contributed by atoms with E-state index in [1.807, 2.05) is 0 Å². The van der Waals surface area contributed by atoms with Crippen LogP contribution in [-0.4, -0.2) is 42.5 Å². The first kappa shape index (κ1) is 10.3. The Morgan fingerprint density at radius 1 is 1.55 bits per heavy atom. The van der Waals surface area contributed by atoms with Crippen molar-refractivity contribution in [2.45, 2.75) is 12.1 Å². The first-order valence-corrected chi connectivity index (χ1v) is 2.69. The fraction of sp³-hybridized carbons (Fsp3) is 0.800. The van der Waals surface area contributed by atoms with Gasteiger partial charge in [-0.2, -0.15) is 0 Å². The van der Waals surface area contributed by atoms with E-state index in [4.69, 9.17) is 10.2 Å². The maximum atomic E-state index is 10.1. The molecule has 0 aliphatic heterocycles. The maximum absolute atomic E-state index is 10.1. The number of carbonyl (C=O) groups is 1. The predicted molar refractivity (Wildman–Crippen MR) is 30.7 cm³/mol. The molecule has 0 spiro atoms. The van der Waals surface area contributed by atoms with Gasteiger partial charge in [0.2, 0.25) is 6.29 Å². The van der Waals surface area contributed by atoms with Gasteiger partial charge in [-0.25, -0.2) is 9.90 Å². The molecule has 65 valence electrons. The number of methoxy groups -OCH3 is 2. The normalized spacial score (nSPS) is 18.9. The van der Waals surface area contributed by atoms with E-state index >= 15 is 0 Å². The summed E-state index contributed by atoms with van der Waals surface area (Å²) in [5.74, 6) is -4.77. The SMILES string of the molecule is COC(O)C(O)(OC)C([O])=O. The van der Waals surface area contributed by atoms with E-state index in [-0.39, 0.29) is 0 Å². The summed E-state index contributed by atoms with van der Waals surface area (Å²) in [6.07, 6.45) is -1.97. The van der Waals surface area contributed by atoms with Gasteiger partial charge in [-0.15, -0.1) is 0 Å². The lowest BCUT2D eigenvalue weighted by atomic mass is 10.3. The number of carbonyl (C=O) groups excluding carboxylic acids is 1. The Labute approximate surface area is 63.0 Å². The fourth-order valence-electron chi connectivity index (χ4n) is 0.445. The third kappa shape index (κ3) is 1.87. The highest BCUT2D eigenvalue weighted by atomic mass is 16.7. The monoisotopic (exact) mass is 165 g/mol. The Kier molecular flexibility index (Phi) is 3.40. The molecule has 0 rings (SSSR count). The zero-order valence-electron chi connectivity index (χ0n) is 6.10. The van der Waals surface area contributed by atoms with E-state index in [1.54, 1.807) is 0 Å². The van der Waals surface area contributed by atoms with Crippen molar-refractivity contribution in [2.75, 3.05) is 14.2 Å². The zero-order chi connectivity index (χ0) is 9.07. The van der Waals surface area contributed by atoms with Crippen LogP contribution < -0.4 is 0 Å². The van der Waals surface area contributed by atoms with Crippen molar-refractivity contribution in [1.29, 1.82) is 0 Å². The van der Waals surface area contributed by atoms with Gasteiger partial charge < -0.3 is 19.7 Å². The summed E-state index contributed by atoms with van der Waals surface area (Å²) in [5, 5.41) is 27.8. The van der Waals surface area contributed by atoms with E-state index in [2.05, 4.69) is 9.47 Å². The number of hydrogen-bond acceptors (Lipinski definition) is 5. The topological polar surface area (TPSA) is 95.9 Å². The van der Waals surface area contributed by atoms with Gasteiger partial charge in [0.25, 0.3) is 0 Å². The van der Waals surface area contributed by atoms with E-state index in [9.17, 15) is 9.90 Å². The van der Waals surface area contributed by atoms with Gasteiger partial charge in [0.05, 0.1) is 0 Å². The lowest BCUT2D eigenvalue weighted by Gasteiger charge is -2.23. The smallest absolute Gasteiger partial charge is 0.363 e. The standard InChI is InChI=1S/C5H9O6/c1-10-4(8)5(9,11-2)3(6)7/h4,8-9H,1-2H3. The van der Waals surface area contributed by atoms with Crippen LogP contribution in [0.1, 0.15) is 0 Å². The van der Waals surface area contributed by atoms with Crippen molar-refractivity contribution in [2.24, 2.45) is 0 Å². The molecule has 2 N–H and O–H groups in total. The number of rotatable bonds is 4.